The van der Waals surface area contributed by atoms with Crippen molar-refractivity contribution in [2.24, 2.45) is 34.1 Å². The minimum absolute atomic E-state index is 0.0218. The van der Waals surface area contributed by atoms with Gasteiger partial charge in [-0.15, -0.1) is 0 Å². The van der Waals surface area contributed by atoms with Crippen LogP contribution in [0.15, 0.2) is 71.7 Å². The molecule has 3 saturated carbocycles. The number of fused-ring (bicyclic) bond motifs is 2. The van der Waals surface area contributed by atoms with Crippen LogP contribution in [0.4, 0.5) is 15.3 Å². The number of hydrogen-bond acceptors (Lipinski definition) is 13. The van der Waals surface area contributed by atoms with Crippen molar-refractivity contribution in [3.8, 4) is 16.9 Å². The van der Waals surface area contributed by atoms with E-state index in [1.807, 2.05) is 67.5 Å². The lowest BCUT2D eigenvalue weighted by Crippen LogP contribution is -2.62. The molecule has 3 aromatic carbocycles. The molecular formula is C54H77N7O10. The summed E-state index contributed by atoms with van der Waals surface area (Å²) in [5.74, 6) is -0.107. The van der Waals surface area contributed by atoms with Gasteiger partial charge in [0.1, 0.15) is 29.1 Å². The Morgan fingerprint density at radius 2 is 1.58 bits per heavy atom. The number of carbonyl (C=O) groups is 4. The molecule has 6 N–H and O–H groups in total. The van der Waals surface area contributed by atoms with E-state index in [4.69, 9.17) is 19.0 Å². The van der Waals surface area contributed by atoms with Crippen molar-refractivity contribution in [2.75, 3.05) is 34.4 Å². The Morgan fingerprint density at radius 1 is 0.930 bits per heavy atom. The van der Waals surface area contributed by atoms with Crippen molar-refractivity contribution in [3.63, 3.8) is 0 Å². The summed E-state index contributed by atoms with van der Waals surface area (Å²) in [6.45, 7) is 18.7. The first-order valence-electron chi connectivity index (χ1n) is 24.7. The Kier molecular flexibility index (Phi) is 17.3. The van der Waals surface area contributed by atoms with E-state index in [0.29, 0.717) is 47.2 Å². The number of hydroxylamine groups is 2. The van der Waals surface area contributed by atoms with E-state index in [9.17, 15) is 29.4 Å². The maximum Gasteiger partial charge on any atom is 0.414 e. The summed E-state index contributed by atoms with van der Waals surface area (Å²) in [4.78, 5) is 68.4. The average Bonchev–Trinajstić information content (AvgIpc) is 3.64. The third-order valence-electron chi connectivity index (χ3n) is 13.9. The molecular weight excluding hydrogens is 907 g/mol. The lowest BCUT2D eigenvalue weighted by molar-refractivity contribution is -0.183. The van der Waals surface area contributed by atoms with E-state index in [2.05, 4.69) is 47.0 Å². The number of guanidine groups is 1. The van der Waals surface area contributed by atoms with E-state index in [-0.39, 0.29) is 53.1 Å². The van der Waals surface area contributed by atoms with E-state index in [0.717, 1.165) is 18.4 Å². The Balaban J connectivity index is 1.41. The minimum atomic E-state index is -0.991. The number of aliphatic imine (C=N–C) groups is 1. The van der Waals surface area contributed by atoms with Crippen LogP contribution in [0.5, 0.6) is 5.75 Å². The Hall–Kier alpha value is -5.59. The number of amides is 4. The van der Waals surface area contributed by atoms with Crippen molar-refractivity contribution < 1.29 is 48.4 Å². The molecule has 17 nitrogen and oxygen atoms in total. The number of nitrogens with zero attached hydrogens (tertiary/aromatic N) is 3. The summed E-state index contributed by atoms with van der Waals surface area (Å²) in [5.41, 5.74) is 1.49. The molecule has 9 atom stereocenters. The first kappa shape index (κ1) is 54.7. The predicted molar refractivity (Wildman–Crippen MR) is 272 cm³/mol. The van der Waals surface area contributed by atoms with Crippen LogP contribution in [0.25, 0.3) is 11.1 Å². The number of alkyl carbamates (subject to hydrolysis) is 2. The lowest BCUT2D eigenvalue weighted by Gasteiger charge is -2.62. The highest BCUT2D eigenvalue weighted by molar-refractivity contribution is 6.03. The number of nitrogens with one attached hydrogen (secondary N) is 4. The summed E-state index contributed by atoms with van der Waals surface area (Å²) in [6.07, 6.45) is -1.07. The average molecular weight is 984 g/mol. The van der Waals surface area contributed by atoms with Gasteiger partial charge in [0.2, 0.25) is 11.9 Å². The van der Waals surface area contributed by atoms with Gasteiger partial charge in [0.15, 0.2) is 0 Å². The summed E-state index contributed by atoms with van der Waals surface area (Å²) < 4.78 is 17.2. The Bertz CT molecular complexity index is 2360. The highest BCUT2D eigenvalue weighted by Crippen LogP contribution is 2.61. The molecule has 1 saturated heterocycles. The van der Waals surface area contributed by atoms with Crippen LogP contribution < -0.4 is 26.0 Å². The quantitative estimate of drug-likeness (QED) is 0.0674. The molecule has 3 aliphatic carbocycles. The fourth-order valence-electron chi connectivity index (χ4n) is 10.6. The van der Waals surface area contributed by atoms with E-state index in [1.165, 1.54) is 12.2 Å². The number of benzene rings is 3. The molecule has 4 aliphatic rings. The molecule has 4 amide bonds. The van der Waals surface area contributed by atoms with Crippen molar-refractivity contribution in [1.82, 2.24) is 31.2 Å². The third-order valence-corrected chi connectivity index (χ3v) is 13.9. The molecule has 388 valence electrons. The number of carbonyl (C=O) groups excluding carboxylic acids is 4. The predicted octanol–water partition coefficient (Wildman–Crippen LogP) is 6.96. The van der Waals surface area contributed by atoms with Gasteiger partial charge in [-0.25, -0.2) is 14.6 Å². The number of ether oxygens (including phenoxy) is 3. The molecule has 4 fully saturated rings. The molecule has 0 spiro atoms. The van der Waals surface area contributed by atoms with Crippen LogP contribution in [0, 0.1) is 29.1 Å². The molecule has 3 aromatic rings. The van der Waals surface area contributed by atoms with Crippen molar-refractivity contribution in [3.05, 3.63) is 83.4 Å². The molecule has 2 bridgehead atoms. The second kappa shape index (κ2) is 22.4. The maximum absolute atomic E-state index is 14.5. The second-order valence-corrected chi connectivity index (χ2v) is 22.3. The third kappa shape index (κ3) is 13.9. The molecule has 1 aliphatic heterocycles. The Labute approximate surface area is 419 Å². The van der Waals surface area contributed by atoms with Gasteiger partial charge in [0.05, 0.1) is 32.1 Å². The topological polar surface area (TPSA) is 213 Å². The monoisotopic (exact) mass is 984 g/mol. The first-order chi connectivity index (χ1) is 33.3. The van der Waals surface area contributed by atoms with Gasteiger partial charge in [-0.2, -0.15) is 5.06 Å². The summed E-state index contributed by atoms with van der Waals surface area (Å²) in [5, 5.41) is 34.8. The van der Waals surface area contributed by atoms with Crippen molar-refractivity contribution >= 4 is 35.6 Å². The van der Waals surface area contributed by atoms with Gasteiger partial charge in [0.25, 0.3) is 5.91 Å². The summed E-state index contributed by atoms with van der Waals surface area (Å²) >= 11 is 0. The fraction of sp³-hybridized carbons (Fsp3) is 0.574. The molecule has 7 rings (SSSR count). The number of methoxy groups -OCH3 is 1. The highest BCUT2D eigenvalue weighted by Gasteiger charge is 2.57. The van der Waals surface area contributed by atoms with Crippen LogP contribution in [0.2, 0.25) is 0 Å². The number of likely N-dealkylation sites (N-methyl/N-ethyl adjacent to an activating group) is 1. The number of rotatable bonds is 15. The summed E-state index contributed by atoms with van der Waals surface area (Å²) in [6, 6.07) is 19.0. The van der Waals surface area contributed by atoms with Gasteiger partial charge in [0, 0.05) is 41.2 Å². The molecule has 17 heteroatoms. The van der Waals surface area contributed by atoms with Crippen molar-refractivity contribution in [1.29, 1.82) is 0 Å². The number of hydrogen-bond donors (Lipinski definition) is 6. The minimum Gasteiger partial charge on any atom is -0.496 e. The van der Waals surface area contributed by atoms with E-state index < -0.39 is 60.1 Å². The highest BCUT2D eigenvalue weighted by atomic mass is 16.7. The van der Waals surface area contributed by atoms with Crippen molar-refractivity contribution in [2.45, 2.75) is 137 Å². The van der Waals surface area contributed by atoms with Crippen LogP contribution in [-0.4, -0.2) is 126 Å². The standard InChI is InChI=1S/C54H77N7O10/c1-31-41-26-37(54(41,9)10)27-42(31)57-48(65)45-44(32(2)63)43(30-62)71-61(45)28-34-20-17-21-40(46(34)68-13)35-23-36(47(64)55-39(29-60(11)12)22-33-18-15-14-16-19-33)25-38(24-35)56-49(58-50(66)69-52(3,4)5)59-51(67)70-53(6,7)8/h14-21,23-25,31-32,37,39,41-45,62-63H,22,26-30H2,1-13H3,(H,55,64)(H,57,65)(H2,56,58,59,66,67)/t31-,32-,37+,39-,41-,42-,43-,44+,45-/m0/s1. The van der Waals surface area contributed by atoms with Gasteiger partial charge >= 0.3 is 12.2 Å². The van der Waals surface area contributed by atoms with Crippen LogP contribution in [0.1, 0.15) is 104 Å². The molecule has 1 heterocycles. The maximum atomic E-state index is 14.5. The number of aliphatic hydroxyl groups excluding tert-OH is 2. The molecule has 0 radical (unpaired) electrons. The van der Waals surface area contributed by atoms with Gasteiger partial charge < -0.3 is 40.0 Å². The second-order valence-electron chi connectivity index (χ2n) is 22.3. The number of aliphatic hydroxyl groups is 2. The zero-order valence-electron chi connectivity index (χ0n) is 43.8. The smallest absolute Gasteiger partial charge is 0.414 e. The zero-order valence-corrected chi connectivity index (χ0v) is 43.8. The fourth-order valence-corrected chi connectivity index (χ4v) is 10.6. The van der Waals surface area contributed by atoms with Crippen LogP contribution in [-0.2, 0) is 32.1 Å². The molecule has 71 heavy (non-hydrogen) atoms. The zero-order chi connectivity index (χ0) is 52.2. The first-order valence-corrected chi connectivity index (χ1v) is 24.7. The normalized spacial score (nSPS) is 23.6. The largest absolute Gasteiger partial charge is 0.496 e. The van der Waals surface area contributed by atoms with Crippen LogP contribution in [0.3, 0.4) is 0 Å². The number of para-hydroxylation sites is 1. The molecule has 0 unspecified atom stereocenters. The van der Waals surface area contributed by atoms with Gasteiger partial charge in [-0.3, -0.25) is 25.1 Å². The SMILES string of the molecule is COc1c(CN2O[C@@H](CO)[C@@H]([C@H](C)O)[C@H]2C(=O)N[C@H]2C[C@H]3C[C@@H]([C@@H]2C)C3(C)C)cccc1-c1cc(N=C(NC(=O)OC(C)(C)C)NC(=O)OC(C)(C)C)cc(C(=O)N[C@@H](Cc2ccccc2)CN(C)C)c1. The van der Waals surface area contributed by atoms with Gasteiger partial charge in [-0.1, -0.05) is 69.3 Å². The lowest BCUT2D eigenvalue weighted by atomic mass is 9.45. The molecule has 0 aromatic heterocycles. The summed E-state index contributed by atoms with van der Waals surface area (Å²) in [7, 11) is 5.38. The Morgan fingerprint density at radius 3 is 2.13 bits per heavy atom. The van der Waals surface area contributed by atoms with E-state index in [1.54, 1.807) is 66.7 Å². The van der Waals surface area contributed by atoms with Crippen LogP contribution >= 0.6 is 0 Å². The van der Waals surface area contributed by atoms with Gasteiger partial charge in [-0.05, 0) is 134 Å². The van der Waals surface area contributed by atoms with E-state index >= 15 is 0 Å².